The molecule has 1 aliphatic rings. The zero-order valence-electron chi connectivity index (χ0n) is 7.20. The number of thiazole rings is 1. The van der Waals surface area contributed by atoms with Gasteiger partial charge in [-0.15, -0.1) is 23.1 Å². The van der Waals surface area contributed by atoms with Crippen LogP contribution in [0.4, 0.5) is 0 Å². The van der Waals surface area contributed by atoms with Crippen LogP contribution in [0, 0.1) is 6.92 Å². The Kier molecular flexibility index (Phi) is 2.39. The third-order valence-corrected chi connectivity index (χ3v) is 4.31. The minimum absolute atomic E-state index is 0.492. The van der Waals surface area contributed by atoms with Gasteiger partial charge in [0.1, 0.15) is 0 Å². The molecule has 1 N–H and O–H groups in total. The fraction of sp³-hybridized carbons (Fsp3) is 0.625. The summed E-state index contributed by atoms with van der Waals surface area (Å²) in [7, 11) is 0. The van der Waals surface area contributed by atoms with Crippen molar-refractivity contribution in [3.05, 3.63) is 16.1 Å². The molecule has 1 aromatic heterocycles. The summed E-state index contributed by atoms with van der Waals surface area (Å²) in [6, 6.07) is 0. The van der Waals surface area contributed by atoms with Crippen molar-refractivity contribution in [3.8, 4) is 0 Å². The van der Waals surface area contributed by atoms with Crippen LogP contribution in [-0.4, -0.2) is 16.8 Å². The van der Waals surface area contributed by atoms with Crippen LogP contribution >= 0.6 is 23.1 Å². The van der Waals surface area contributed by atoms with Crippen LogP contribution in [0.25, 0.3) is 0 Å². The number of aromatic nitrogens is 1. The summed E-state index contributed by atoms with van der Waals surface area (Å²) in [4.78, 5) is 5.61. The Bertz CT molecular complexity index is 272. The van der Waals surface area contributed by atoms with Crippen molar-refractivity contribution in [2.75, 3.05) is 6.54 Å². The molecule has 2 unspecified atom stereocenters. The monoisotopic (exact) mass is 200 g/mol. The standard InChI is InChI=1S/C8H12N2S2/c1-5-3-10-8(11-5)7-4-9-6(2)12-7/h4-5,8,10H,3H2,1-2H3. The summed E-state index contributed by atoms with van der Waals surface area (Å²) >= 11 is 3.78. The maximum Gasteiger partial charge on any atom is 0.0902 e. The molecule has 0 amide bonds. The number of aryl methyl sites for hydroxylation is 1. The maximum absolute atomic E-state index is 4.25. The summed E-state index contributed by atoms with van der Waals surface area (Å²) in [5.74, 6) is 0. The summed E-state index contributed by atoms with van der Waals surface area (Å²) in [6.07, 6.45) is 1.99. The molecule has 0 aliphatic carbocycles. The molecule has 12 heavy (non-hydrogen) atoms. The Hall–Kier alpha value is -0.0600. The summed E-state index contributed by atoms with van der Waals surface area (Å²) in [6.45, 7) is 5.43. The van der Waals surface area contributed by atoms with Crippen LogP contribution in [0.15, 0.2) is 6.20 Å². The van der Waals surface area contributed by atoms with Crippen LogP contribution in [0.2, 0.25) is 0 Å². The van der Waals surface area contributed by atoms with Gasteiger partial charge in [0.05, 0.1) is 15.3 Å². The highest BCUT2D eigenvalue weighted by molar-refractivity contribution is 8.00. The lowest BCUT2D eigenvalue weighted by atomic mass is 10.4. The molecule has 2 nitrogen and oxygen atoms in total. The van der Waals surface area contributed by atoms with Crippen molar-refractivity contribution in [3.63, 3.8) is 0 Å². The van der Waals surface area contributed by atoms with E-state index in [2.05, 4.69) is 24.1 Å². The molecule has 0 saturated carbocycles. The van der Waals surface area contributed by atoms with E-state index >= 15 is 0 Å². The average Bonchev–Trinajstić information content (AvgIpc) is 2.58. The van der Waals surface area contributed by atoms with Crippen molar-refractivity contribution in [2.24, 2.45) is 0 Å². The van der Waals surface area contributed by atoms with Gasteiger partial charge in [-0.05, 0) is 6.92 Å². The van der Waals surface area contributed by atoms with E-state index in [4.69, 9.17) is 0 Å². The number of nitrogens with one attached hydrogen (secondary N) is 1. The molecular weight excluding hydrogens is 188 g/mol. The topological polar surface area (TPSA) is 24.9 Å². The molecule has 2 heterocycles. The third-order valence-electron chi connectivity index (χ3n) is 1.86. The maximum atomic E-state index is 4.25. The second-order valence-electron chi connectivity index (χ2n) is 3.02. The van der Waals surface area contributed by atoms with Crippen molar-refractivity contribution in [1.29, 1.82) is 0 Å². The van der Waals surface area contributed by atoms with E-state index in [-0.39, 0.29) is 0 Å². The number of rotatable bonds is 1. The van der Waals surface area contributed by atoms with Crippen LogP contribution in [0.5, 0.6) is 0 Å². The van der Waals surface area contributed by atoms with Gasteiger partial charge in [0.15, 0.2) is 0 Å². The van der Waals surface area contributed by atoms with Crippen LogP contribution in [0.1, 0.15) is 22.2 Å². The van der Waals surface area contributed by atoms with Crippen LogP contribution in [0.3, 0.4) is 0 Å². The predicted octanol–water partition coefficient (Wildman–Crippen LogP) is 2.18. The van der Waals surface area contributed by atoms with E-state index in [1.165, 1.54) is 4.88 Å². The normalized spacial score (nSPS) is 29.5. The molecule has 4 heteroatoms. The molecule has 1 aromatic rings. The molecule has 2 atom stereocenters. The number of nitrogens with zero attached hydrogens (tertiary/aromatic N) is 1. The zero-order chi connectivity index (χ0) is 8.55. The summed E-state index contributed by atoms with van der Waals surface area (Å²) in [5, 5.41) is 5.85. The van der Waals surface area contributed by atoms with E-state index in [0.29, 0.717) is 5.37 Å². The highest BCUT2D eigenvalue weighted by Crippen LogP contribution is 2.36. The quantitative estimate of drug-likeness (QED) is 0.752. The van der Waals surface area contributed by atoms with E-state index in [1.807, 2.05) is 18.0 Å². The Morgan fingerprint density at radius 2 is 2.50 bits per heavy atom. The lowest BCUT2D eigenvalue weighted by molar-refractivity contribution is 0.724. The van der Waals surface area contributed by atoms with Gasteiger partial charge in [0.25, 0.3) is 0 Å². The smallest absolute Gasteiger partial charge is 0.0902 e. The highest BCUT2D eigenvalue weighted by atomic mass is 32.2. The van der Waals surface area contributed by atoms with Crippen LogP contribution in [-0.2, 0) is 0 Å². The number of hydrogen-bond donors (Lipinski definition) is 1. The molecule has 0 spiro atoms. The highest BCUT2D eigenvalue weighted by Gasteiger charge is 2.23. The first-order chi connectivity index (χ1) is 5.75. The Labute approximate surface area is 80.8 Å². The van der Waals surface area contributed by atoms with Gasteiger partial charge in [0, 0.05) is 18.0 Å². The second-order valence-corrected chi connectivity index (χ2v) is 5.83. The lowest BCUT2D eigenvalue weighted by Crippen LogP contribution is -2.12. The fourth-order valence-electron chi connectivity index (χ4n) is 1.27. The number of thioether (sulfide) groups is 1. The van der Waals surface area contributed by atoms with Gasteiger partial charge in [-0.2, -0.15) is 0 Å². The first kappa shape index (κ1) is 8.53. The molecular formula is C8H12N2S2. The fourth-order valence-corrected chi connectivity index (χ4v) is 3.37. The lowest BCUT2D eigenvalue weighted by Gasteiger charge is -2.04. The first-order valence-corrected chi connectivity index (χ1v) is 5.83. The van der Waals surface area contributed by atoms with Gasteiger partial charge < -0.3 is 0 Å². The average molecular weight is 200 g/mol. The van der Waals surface area contributed by atoms with Crippen molar-refractivity contribution < 1.29 is 0 Å². The summed E-state index contributed by atoms with van der Waals surface area (Å²) in [5.41, 5.74) is 0. The van der Waals surface area contributed by atoms with E-state index in [0.717, 1.165) is 16.8 Å². The third kappa shape index (κ3) is 1.65. The van der Waals surface area contributed by atoms with Crippen molar-refractivity contribution in [2.45, 2.75) is 24.5 Å². The minimum atomic E-state index is 0.492. The Balaban J connectivity index is 2.11. The van der Waals surface area contributed by atoms with E-state index in [9.17, 15) is 0 Å². The Morgan fingerprint density at radius 3 is 3.00 bits per heavy atom. The Morgan fingerprint density at radius 1 is 1.67 bits per heavy atom. The van der Waals surface area contributed by atoms with Gasteiger partial charge in [-0.3, -0.25) is 5.32 Å². The number of hydrogen-bond acceptors (Lipinski definition) is 4. The van der Waals surface area contributed by atoms with Gasteiger partial charge >= 0.3 is 0 Å². The largest absolute Gasteiger partial charge is 0.300 e. The van der Waals surface area contributed by atoms with Crippen LogP contribution < -0.4 is 5.32 Å². The van der Waals surface area contributed by atoms with E-state index < -0.39 is 0 Å². The van der Waals surface area contributed by atoms with Crippen molar-refractivity contribution in [1.82, 2.24) is 10.3 Å². The van der Waals surface area contributed by atoms with Crippen molar-refractivity contribution >= 4 is 23.1 Å². The molecule has 0 radical (unpaired) electrons. The second kappa shape index (κ2) is 3.36. The SMILES string of the molecule is Cc1ncc(C2NCC(C)S2)s1. The molecule has 1 aliphatic heterocycles. The van der Waals surface area contributed by atoms with E-state index in [1.54, 1.807) is 11.3 Å². The molecule has 2 rings (SSSR count). The zero-order valence-corrected chi connectivity index (χ0v) is 8.84. The van der Waals surface area contributed by atoms with Gasteiger partial charge in [0.2, 0.25) is 0 Å². The molecule has 0 bridgehead atoms. The van der Waals surface area contributed by atoms with Gasteiger partial charge in [-0.1, -0.05) is 6.92 Å². The molecule has 1 saturated heterocycles. The van der Waals surface area contributed by atoms with Gasteiger partial charge in [-0.25, -0.2) is 4.98 Å². The molecule has 66 valence electrons. The summed E-state index contributed by atoms with van der Waals surface area (Å²) < 4.78 is 0. The first-order valence-electron chi connectivity index (χ1n) is 4.07. The minimum Gasteiger partial charge on any atom is -0.300 e. The molecule has 0 aromatic carbocycles. The predicted molar refractivity (Wildman–Crippen MR) is 54.6 cm³/mol. The molecule has 1 fully saturated rings.